The lowest BCUT2D eigenvalue weighted by molar-refractivity contribution is -0.128. The van der Waals surface area contributed by atoms with Crippen LogP contribution < -0.4 is 4.90 Å². The maximum absolute atomic E-state index is 12.0. The van der Waals surface area contributed by atoms with Crippen LogP contribution in [0.1, 0.15) is 31.4 Å². The van der Waals surface area contributed by atoms with E-state index in [-0.39, 0.29) is 5.91 Å². The molecule has 104 valence electrons. The summed E-state index contributed by atoms with van der Waals surface area (Å²) < 4.78 is 0. The smallest absolute Gasteiger partial charge is 0.242 e. The molecule has 2 rings (SSSR count). The number of aliphatic hydroxyl groups is 1. The molecule has 4 heteroatoms. The largest absolute Gasteiger partial charge is 0.389 e. The second-order valence-corrected chi connectivity index (χ2v) is 5.21. The van der Waals surface area contributed by atoms with Crippen LogP contribution >= 0.6 is 0 Å². The summed E-state index contributed by atoms with van der Waals surface area (Å²) in [5.74, 6) is 0.194. The standard InChI is InChI=1S/C15H22N2O2/c1-12(18)13-5-7-14(8-6-13)16(2)11-15(19)17-9-3-4-10-17/h5-8,12,18H,3-4,9-11H2,1-2H3/t12-/m1/s1. The van der Waals surface area contributed by atoms with E-state index in [1.165, 1.54) is 0 Å². The van der Waals surface area contributed by atoms with Crippen LogP contribution in [0.3, 0.4) is 0 Å². The number of aliphatic hydroxyl groups excluding tert-OH is 1. The number of amides is 1. The average Bonchev–Trinajstić information content (AvgIpc) is 2.92. The molecule has 4 nitrogen and oxygen atoms in total. The van der Waals surface area contributed by atoms with Crippen LogP contribution in [0.5, 0.6) is 0 Å². The number of benzene rings is 1. The number of hydrogen-bond acceptors (Lipinski definition) is 3. The van der Waals surface area contributed by atoms with Crippen molar-refractivity contribution in [3.63, 3.8) is 0 Å². The van der Waals surface area contributed by atoms with Gasteiger partial charge >= 0.3 is 0 Å². The zero-order valence-corrected chi connectivity index (χ0v) is 11.7. The van der Waals surface area contributed by atoms with E-state index in [9.17, 15) is 9.90 Å². The van der Waals surface area contributed by atoms with Crippen molar-refractivity contribution in [1.29, 1.82) is 0 Å². The minimum Gasteiger partial charge on any atom is -0.389 e. The maximum atomic E-state index is 12.0. The van der Waals surface area contributed by atoms with Crippen molar-refractivity contribution in [2.75, 3.05) is 31.6 Å². The Kier molecular flexibility index (Phi) is 4.43. The van der Waals surface area contributed by atoms with E-state index in [1.807, 2.05) is 41.1 Å². The van der Waals surface area contributed by atoms with Gasteiger partial charge in [0.05, 0.1) is 12.6 Å². The summed E-state index contributed by atoms with van der Waals surface area (Å²) >= 11 is 0. The summed E-state index contributed by atoms with van der Waals surface area (Å²) in [6.45, 7) is 3.95. The molecule has 19 heavy (non-hydrogen) atoms. The van der Waals surface area contributed by atoms with E-state index in [0.29, 0.717) is 6.54 Å². The molecule has 1 aromatic carbocycles. The lowest BCUT2D eigenvalue weighted by Crippen LogP contribution is -2.37. The fourth-order valence-corrected chi connectivity index (χ4v) is 2.37. The average molecular weight is 262 g/mol. The SMILES string of the molecule is C[C@@H](O)c1ccc(N(C)CC(=O)N2CCCC2)cc1. The summed E-state index contributed by atoms with van der Waals surface area (Å²) in [5.41, 5.74) is 1.89. The van der Waals surface area contributed by atoms with E-state index in [2.05, 4.69) is 0 Å². The van der Waals surface area contributed by atoms with Crippen molar-refractivity contribution in [3.05, 3.63) is 29.8 Å². The first-order valence-electron chi connectivity index (χ1n) is 6.85. The molecule has 0 spiro atoms. The number of anilines is 1. The van der Waals surface area contributed by atoms with Gasteiger partial charge in [0, 0.05) is 25.8 Å². The van der Waals surface area contributed by atoms with Crippen molar-refractivity contribution in [3.8, 4) is 0 Å². The minimum absolute atomic E-state index is 0.194. The second kappa shape index (κ2) is 6.06. The lowest BCUT2D eigenvalue weighted by atomic mass is 10.1. The van der Waals surface area contributed by atoms with Crippen LogP contribution in [0.15, 0.2) is 24.3 Å². The number of hydrogen-bond donors (Lipinski definition) is 1. The Bertz CT molecular complexity index is 422. The van der Waals surface area contributed by atoms with Crippen molar-refractivity contribution >= 4 is 11.6 Å². The van der Waals surface area contributed by atoms with Crippen LogP contribution in [-0.4, -0.2) is 42.6 Å². The molecule has 1 N–H and O–H groups in total. The van der Waals surface area contributed by atoms with Gasteiger partial charge in [-0.2, -0.15) is 0 Å². The van der Waals surface area contributed by atoms with Crippen molar-refractivity contribution in [1.82, 2.24) is 4.90 Å². The van der Waals surface area contributed by atoms with Crippen LogP contribution in [0.25, 0.3) is 0 Å². The molecule has 1 aromatic rings. The van der Waals surface area contributed by atoms with E-state index < -0.39 is 6.10 Å². The quantitative estimate of drug-likeness (QED) is 0.900. The highest BCUT2D eigenvalue weighted by atomic mass is 16.3. The van der Waals surface area contributed by atoms with Gasteiger partial charge in [-0.3, -0.25) is 4.79 Å². The fourth-order valence-electron chi connectivity index (χ4n) is 2.37. The number of nitrogens with zero attached hydrogens (tertiary/aromatic N) is 2. The third kappa shape index (κ3) is 3.47. The molecule has 1 amide bonds. The van der Waals surface area contributed by atoms with Crippen molar-refractivity contribution < 1.29 is 9.90 Å². The molecule has 0 bridgehead atoms. The molecule has 1 aliphatic heterocycles. The van der Waals surface area contributed by atoms with Crippen molar-refractivity contribution in [2.45, 2.75) is 25.9 Å². The highest BCUT2D eigenvalue weighted by molar-refractivity contribution is 5.81. The lowest BCUT2D eigenvalue weighted by Gasteiger charge is -2.23. The Labute approximate surface area is 114 Å². The first-order valence-corrected chi connectivity index (χ1v) is 6.85. The molecular weight excluding hydrogens is 240 g/mol. The Balaban J connectivity index is 1.95. The molecule has 1 aliphatic rings. The monoisotopic (exact) mass is 262 g/mol. The van der Waals surface area contributed by atoms with Crippen LogP contribution in [0, 0.1) is 0 Å². The van der Waals surface area contributed by atoms with Gasteiger partial charge in [0.1, 0.15) is 0 Å². The van der Waals surface area contributed by atoms with E-state index >= 15 is 0 Å². The van der Waals surface area contributed by atoms with Gasteiger partial charge in [0.25, 0.3) is 0 Å². The Morgan fingerprint density at radius 2 is 1.89 bits per heavy atom. The van der Waals surface area contributed by atoms with E-state index in [4.69, 9.17) is 0 Å². The maximum Gasteiger partial charge on any atom is 0.242 e. The Morgan fingerprint density at radius 1 is 1.32 bits per heavy atom. The van der Waals surface area contributed by atoms with Gasteiger partial charge in [-0.15, -0.1) is 0 Å². The molecular formula is C15H22N2O2. The number of carbonyl (C=O) groups is 1. The molecule has 0 aliphatic carbocycles. The second-order valence-electron chi connectivity index (χ2n) is 5.21. The molecule has 1 atom stereocenters. The molecule has 1 heterocycles. The highest BCUT2D eigenvalue weighted by Gasteiger charge is 2.19. The van der Waals surface area contributed by atoms with E-state index in [1.54, 1.807) is 6.92 Å². The zero-order valence-electron chi connectivity index (χ0n) is 11.7. The van der Waals surface area contributed by atoms with Crippen LogP contribution in [-0.2, 0) is 4.79 Å². The zero-order chi connectivity index (χ0) is 13.8. The van der Waals surface area contributed by atoms with Gasteiger partial charge in [0.15, 0.2) is 0 Å². The predicted molar refractivity (Wildman–Crippen MR) is 76.2 cm³/mol. The van der Waals surface area contributed by atoms with Gasteiger partial charge in [-0.1, -0.05) is 12.1 Å². The molecule has 1 saturated heterocycles. The number of carbonyl (C=O) groups excluding carboxylic acids is 1. The molecule has 0 unspecified atom stereocenters. The number of likely N-dealkylation sites (tertiary alicyclic amines) is 1. The van der Waals surface area contributed by atoms with Gasteiger partial charge in [0.2, 0.25) is 5.91 Å². The number of rotatable bonds is 4. The molecule has 0 aromatic heterocycles. The molecule has 0 saturated carbocycles. The minimum atomic E-state index is -0.453. The van der Waals surface area contributed by atoms with Crippen molar-refractivity contribution in [2.24, 2.45) is 0 Å². The highest BCUT2D eigenvalue weighted by Crippen LogP contribution is 2.18. The van der Waals surface area contributed by atoms with Crippen LogP contribution in [0.2, 0.25) is 0 Å². The Hall–Kier alpha value is -1.55. The number of likely N-dealkylation sites (N-methyl/N-ethyl adjacent to an activating group) is 1. The fraction of sp³-hybridized carbons (Fsp3) is 0.533. The third-order valence-corrected chi connectivity index (χ3v) is 3.65. The van der Waals surface area contributed by atoms with Gasteiger partial charge < -0.3 is 14.9 Å². The summed E-state index contributed by atoms with van der Waals surface area (Å²) in [7, 11) is 1.92. The van der Waals surface area contributed by atoms with Crippen LogP contribution in [0.4, 0.5) is 5.69 Å². The Morgan fingerprint density at radius 3 is 2.42 bits per heavy atom. The molecule has 0 radical (unpaired) electrons. The van der Waals surface area contributed by atoms with Gasteiger partial charge in [-0.05, 0) is 37.5 Å². The predicted octanol–water partition coefficient (Wildman–Crippen LogP) is 1.80. The summed E-state index contributed by atoms with van der Waals surface area (Å²) in [6, 6.07) is 7.69. The third-order valence-electron chi connectivity index (χ3n) is 3.65. The van der Waals surface area contributed by atoms with E-state index in [0.717, 1.165) is 37.2 Å². The first kappa shape index (κ1) is 13.9. The summed E-state index contributed by atoms with van der Waals surface area (Å²) in [4.78, 5) is 15.9. The summed E-state index contributed by atoms with van der Waals surface area (Å²) in [5, 5.41) is 9.47. The normalized spacial score (nSPS) is 16.5. The topological polar surface area (TPSA) is 43.8 Å². The molecule has 1 fully saturated rings. The first-order chi connectivity index (χ1) is 9.08. The summed E-state index contributed by atoms with van der Waals surface area (Å²) in [6.07, 6.45) is 1.79. The van der Waals surface area contributed by atoms with Gasteiger partial charge in [-0.25, -0.2) is 0 Å².